The first kappa shape index (κ1) is 24.2. The molecule has 1 N–H and O–H groups in total. The van der Waals surface area contributed by atoms with E-state index in [-0.39, 0.29) is 23.8 Å². The van der Waals surface area contributed by atoms with E-state index in [0.717, 1.165) is 11.1 Å². The smallest absolute Gasteiger partial charge is 0.410 e. The molecule has 34 heavy (non-hydrogen) atoms. The van der Waals surface area contributed by atoms with Crippen LogP contribution in [0.5, 0.6) is 0 Å². The van der Waals surface area contributed by atoms with Gasteiger partial charge in [-0.1, -0.05) is 11.6 Å². The van der Waals surface area contributed by atoms with Crippen LogP contribution in [0.2, 0.25) is 5.02 Å². The van der Waals surface area contributed by atoms with E-state index in [4.69, 9.17) is 25.8 Å². The molecule has 11 heteroatoms. The van der Waals surface area contributed by atoms with Crippen molar-refractivity contribution in [3.63, 3.8) is 0 Å². The minimum Gasteiger partial charge on any atom is -0.444 e. The number of rotatable bonds is 6. The highest BCUT2D eigenvalue weighted by atomic mass is 35.5. The Morgan fingerprint density at radius 1 is 1.35 bits per heavy atom. The number of carbonyl (C=O) groups excluding carboxylic acids is 1. The summed E-state index contributed by atoms with van der Waals surface area (Å²) in [5.74, 6) is 0.0401. The number of morpholine rings is 1. The van der Waals surface area contributed by atoms with Crippen molar-refractivity contribution in [2.45, 2.75) is 39.1 Å². The lowest BCUT2D eigenvalue weighted by Gasteiger charge is -2.34. The number of amides is 1. The van der Waals surface area contributed by atoms with Crippen molar-refractivity contribution in [2.24, 2.45) is 0 Å². The van der Waals surface area contributed by atoms with Crippen LogP contribution in [0.3, 0.4) is 0 Å². The summed E-state index contributed by atoms with van der Waals surface area (Å²) < 4.78 is 32.3. The van der Waals surface area contributed by atoms with Crippen molar-refractivity contribution >= 4 is 34.7 Å². The number of halogens is 2. The third kappa shape index (κ3) is 5.94. The van der Waals surface area contributed by atoms with Gasteiger partial charge in [-0.3, -0.25) is 0 Å². The number of nitrogens with one attached hydrogen (secondary N) is 1. The first-order valence-electron chi connectivity index (χ1n) is 10.9. The maximum absolute atomic E-state index is 13.5. The molecule has 182 valence electrons. The van der Waals surface area contributed by atoms with Gasteiger partial charge in [-0.15, -0.1) is 0 Å². The quantitative estimate of drug-likeness (QED) is 0.546. The number of nitrogens with zero attached hydrogens (tertiary/aromatic N) is 4. The normalized spacial score (nSPS) is 16.6. The van der Waals surface area contributed by atoms with Gasteiger partial charge < -0.3 is 24.4 Å². The monoisotopic (exact) mass is 491 g/mol. The second kappa shape index (κ2) is 10.1. The van der Waals surface area contributed by atoms with Crippen LogP contribution < -0.4 is 5.32 Å². The van der Waals surface area contributed by atoms with Gasteiger partial charge in [0, 0.05) is 24.0 Å². The minimum atomic E-state index is -0.551. The number of benzene rings is 1. The van der Waals surface area contributed by atoms with Gasteiger partial charge in [-0.2, -0.15) is 5.10 Å². The van der Waals surface area contributed by atoms with Crippen LogP contribution in [0.25, 0.3) is 5.52 Å². The average Bonchev–Trinajstić information content (AvgIpc) is 3.19. The summed E-state index contributed by atoms with van der Waals surface area (Å²) in [4.78, 5) is 18.3. The van der Waals surface area contributed by atoms with Gasteiger partial charge in [0.15, 0.2) is 5.82 Å². The van der Waals surface area contributed by atoms with Crippen LogP contribution in [-0.4, -0.2) is 63.6 Å². The molecule has 0 radical (unpaired) electrons. The standard InChI is InChI=1S/C23H27ClFN5O4/c1-23(2,3)34-22(31)29-8-9-33-17(11-29)13-32-12-15-6-7-30-20(15)21(26-14-27-30)28-16-4-5-19(25)18(24)10-16/h4-7,10,14,17H,8-9,11-13H2,1-3H3,(H,26,27,28)/t17-/m0/s1. The molecule has 0 spiro atoms. The lowest BCUT2D eigenvalue weighted by atomic mass is 10.2. The molecule has 1 fully saturated rings. The van der Waals surface area contributed by atoms with E-state index in [9.17, 15) is 9.18 Å². The Bertz CT molecular complexity index is 1170. The van der Waals surface area contributed by atoms with Crippen LogP contribution in [0, 0.1) is 5.82 Å². The zero-order chi connectivity index (χ0) is 24.3. The molecule has 4 rings (SSSR count). The highest BCUT2D eigenvalue weighted by Gasteiger charge is 2.28. The van der Waals surface area contributed by atoms with Crippen LogP contribution in [0.1, 0.15) is 26.3 Å². The Balaban J connectivity index is 1.39. The fraction of sp³-hybridized carbons (Fsp3) is 0.435. The van der Waals surface area contributed by atoms with Crippen molar-refractivity contribution in [2.75, 3.05) is 31.6 Å². The summed E-state index contributed by atoms with van der Waals surface area (Å²) in [5.41, 5.74) is 1.63. The van der Waals surface area contributed by atoms with Crippen molar-refractivity contribution in [3.05, 3.63) is 53.2 Å². The highest BCUT2D eigenvalue weighted by Crippen LogP contribution is 2.26. The molecule has 3 aromatic rings. The molecular weight excluding hydrogens is 465 g/mol. The third-order valence-electron chi connectivity index (χ3n) is 5.07. The first-order valence-corrected chi connectivity index (χ1v) is 11.3. The van der Waals surface area contributed by atoms with Gasteiger partial charge in [-0.25, -0.2) is 18.7 Å². The van der Waals surface area contributed by atoms with E-state index in [1.54, 1.807) is 21.7 Å². The second-order valence-electron chi connectivity index (χ2n) is 8.93. The van der Waals surface area contributed by atoms with Crippen molar-refractivity contribution in [1.82, 2.24) is 19.5 Å². The van der Waals surface area contributed by atoms with E-state index in [1.165, 1.54) is 18.5 Å². The summed E-state index contributed by atoms with van der Waals surface area (Å²) in [6, 6.07) is 6.25. The number of ether oxygens (including phenoxy) is 3. The summed E-state index contributed by atoms with van der Waals surface area (Å²) in [7, 11) is 0. The molecule has 1 amide bonds. The lowest BCUT2D eigenvalue weighted by Crippen LogP contribution is -2.48. The largest absolute Gasteiger partial charge is 0.444 e. The predicted molar refractivity (Wildman–Crippen MR) is 125 cm³/mol. The maximum atomic E-state index is 13.5. The van der Waals surface area contributed by atoms with Crippen LogP contribution >= 0.6 is 11.6 Å². The van der Waals surface area contributed by atoms with Crippen molar-refractivity contribution < 1.29 is 23.4 Å². The van der Waals surface area contributed by atoms with Crippen LogP contribution in [0.15, 0.2) is 36.8 Å². The molecule has 1 atom stereocenters. The topological polar surface area (TPSA) is 90.2 Å². The molecule has 0 bridgehead atoms. The maximum Gasteiger partial charge on any atom is 0.410 e. The summed E-state index contributed by atoms with van der Waals surface area (Å²) in [6.45, 7) is 7.41. The Morgan fingerprint density at radius 2 is 2.18 bits per heavy atom. The molecule has 3 heterocycles. The van der Waals surface area contributed by atoms with E-state index in [2.05, 4.69) is 15.4 Å². The van der Waals surface area contributed by atoms with E-state index in [1.807, 2.05) is 26.8 Å². The van der Waals surface area contributed by atoms with Gasteiger partial charge in [0.2, 0.25) is 0 Å². The number of carbonyl (C=O) groups is 1. The number of hydrogen-bond acceptors (Lipinski definition) is 7. The molecule has 1 aliphatic heterocycles. The second-order valence-corrected chi connectivity index (χ2v) is 9.34. The Kier molecular flexibility index (Phi) is 7.20. The molecule has 9 nitrogen and oxygen atoms in total. The zero-order valence-corrected chi connectivity index (χ0v) is 20.0. The SMILES string of the molecule is CC(C)(C)OC(=O)N1CCO[C@H](COCc2ccn3ncnc(Nc4ccc(F)c(Cl)c4)c23)C1. The van der Waals surface area contributed by atoms with E-state index < -0.39 is 11.4 Å². The molecular formula is C23H27ClFN5O4. The minimum absolute atomic E-state index is 0.0157. The molecule has 0 aliphatic carbocycles. The fourth-order valence-electron chi connectivity index (χ4n) is 3.55. The van der Waals surface area contributed by atoms with Crippen molar-refractivity contribution in [3.8, 4) is 0 Å². The van der Waals surface area contributed by atoms with Gasteiger partial charge in [0.1, 0.15) is 23.3 Å². The highest BCUT2D eigenvalue weighted by molar-refractivity contribution is 6.31. The van der Waals surface area contributed by atoms with Crippen molar-refractivity contribution in [1.29, 1.82) is 0 Å². The molecule has 0 saturated carbocycles. The van der Waals surface area contributed by atoms with Gasteiger partial charge in [0.05, 0.1) is 37.5 Å². The predicted octanol–water partition coefficient (Wildman–Crippen LogP) is 4.42. The van der Waals surface area contributed by atoms with Gasteiger partial charge in [0.25, 0.3) is 0 Å². The van der Waals surface area contributed by atoms with Gasteiger partial charge >= 0.3 is 6.09 Å². The molecule has 1 saturated heterocycles. The van der Waals surface area contributed by atoms with E-state index in [0.29, 0.717) is 37.8 Å². The summed E-state index contributed by atoms with van der Waals surface area (Å²) in [6.07, 6.45) is 2.62. The Morgan fingerprint density at radius 3 is 2.94 bits per heavy atom. The lowest BCUT2D eigenvalue weighted by molar-refractivity contribution is -0.0749. The third-order valence-corrected chi connectivity index (χ3v) is 5.36. The number of fused-ring (bicyclic) bond motifs is 1. The molecule has 2 aromatic heterocycles. The van der Waals surface area contributed by atoms with E-state index >= 15 is 0 Å². The average molecular weight is 492 g/mol. The Hall–Kier alpha value is -2.95. The Labute approximate surface area is 201 Å². The fourth-order valence-corrected chi connectivity index (χ4v) is 3.73. The number of hydrogen-bond donors (Lipinski definition) is 1. The molecule has 1 aliphatic rings. The summed E-state index contributed by atoms with van der Waals surface area (Å²) >= 11 is 5.89. The summed E-state index contributed by atoms with van der Waals surface area (Å²) in [5, 5.41) is 7.41. The molecule has 1 aromatic carbocycles. The number of aromatic nitrogens is 3. The van der Waals surface area contributed by atoms with Crippen LogP contribution in [0.4, 0.5) is 20.7 Å². The molecule has 0 unspecified atom stereocenters. The zero-order valence-electron chi connectivity index (χ0n) is 19.3. The first-order chi connectivity index (χ1) is 16.2. The van der Waals surface area contributed by atoms with Gasteiger partial charge in [-0.05, 0) is 45.0 Å². The number of anilines is 2. The van der Waals surface area contributed by atoms with Crippen LogP contribution in [-0.2, 0) is 20.8 Å².